The average Bonchev–Trinajstić information content (AvgIpc) is 2.48. The second-order valence-electron chi connectivity index (χ2n) is 5.84. The second-order valence-corrected chi connectivity index (χ2v) is 7.14. The maximum Gasteiger partial charge on any atom is 0.188 e. The smallest absolute Gasteiger partial charge is 0.188 e. The van der Waals surface area contributed by atoms with Crippen molar-refractivity contribution >= 4 is 38.9 Å². The molecule has 3 nitrogen and oxygen atoms in total. The summed E-state index contributed by atoms with van der Waals surface area (Å²) in [5.74, 6) is 0.915. The van der Waals surface area contributed by atoms with Crippen LogP contribution in [-0.4, -0.2) is 10.8 Å². The summed E-state index contributed by atoms with van der Waals surface area (Å²) >= 11 is 9.15. The van der Waals surface area contributed by atoms with Crippen LogP contribution >= 0.6 is 28.1 Å². The Labute approximate surface area is 143 Å². The quantitative estimate of drug-likeness (QED) is 0.748. The van der Waals surface area contributed by atoms with Gasteiger partial charge in [0, 0.05) is 22.1 Å². The summed E-state index contributed by atoms with van der Waals surface area (Å²) in [5, 5.41) is 4.17. The van der Waals surface area contributed by atoms with E-state index in [1.807, 2.05) is 30.3 Å². The minimum absolute atomic E-state index is 0.179. The van der Waals surface area contributed by atoms with Crippen molar-refractivity contribution in [3.63, 3.8) is 0 Å². The molecule has 0 amide bonds. The Morgan fingerprint density at radius 1 is 1.27 bits per heavy atom. The van der Waals surface area contributed by atoms with Crippen LogP contribution in [0.4, 0.5) is 5.69 Å². The number of halogens is 1. The van der Waals surface area contributed by atoms with Crippen molar-refractivity contribution in [2.45, 2.75) is 25.1 Å². The normalized spacial score (nSPS) is 26.0. The van der Waals surface area contributed by atoms with E-state index in [9.17, 15) is 0 Å². The molecule has 0 aliphatic carbocycles. The summed E-state index contributed by atoms with van der Waals surface area (Å²) in [4.78, 5) is 2.07. The number of benzene rings is 2. The molecule has 1 fully saturated rings. The molecule has 2 bridgehead atoms. The van der Waals surface area contributed by atoms with Gasteiger partial charge in [-0.15, -0.1) is 0 Å². The third kappa shape index (κ3) is 2.11. The van der Waals surface area contributed by atoms with Gasteiger partial charge < -0.3 is 10.1 Å². The summed E-state index contributed by atoms with van der Waals surface area (Å²) < 4.78 is 7.41. The average molecular weight is 375 g/mol. The Morgan fingerprint density at radius 3 is 2.82 bits per heavy atom. The van der Waals surface area contributed by atoms with Crippen molar-refractivity contribution in [3.05, 3.63) is 58.6 Å². The number of thiocarbonyl (C=S) groups is 1. The fourth-order valence-electron chi connectivity index (χ4n) is 3.31. The number of nitrogens with one attached hydrogen (secondary N) is 1. The van der Waals surface area contributed by atoms with Gasteiger partial charge in [-0.25, -0.2) is 0 Å². The fraction of sp³-hybridized carbons (Fsp3) is 0.235. The van der Waals surface area contributed by atoms with Crippen LogP contribution in [0.25, 0.3) is 0 Å². The van der Waals surface area contributed by atoms with E-state index in [-0.39, 0.29) is 6.04 Å². The molecule has 0 spiro atoms. The molecule has 0 aromatic heterocycles. The lowest BCUT2D eigenvalue weighted by atomic mass is 9.90. The molecule has 2 atom stereocenters. The minimum atomic E-state index is -0.477. The largest absolute Gasteiger partial charge is 0.467 e. The standard InChI is InChI=1S/C17H15BrN2OS/c1-17-10-14(13-9-11(18)7-8-15(13)21-17)19-16(22)20(17)12-5-3-2-4-6-12/h2-9,14H,10H2,1H3,(H,19,22)/t14-,17-/m0/s1. The van der Waals surface area contributed by atoms with Gasteiger partial charge in [0.2, 0.25) is 0 Å². The van der Waals surface area contributed by atoms with Gasteiger partial charge >= 0.3 is 0 Å². The molecule has 2 heterocycles. The van der Waals surface area contributed by atoms with Crippen molar-refractivity contribution < 1.29 is 4.74 Å². The van der Waals surface area contributed by atoms with Gasteiger partial charge in [-0.1, -0.05) is 34.1 Å². The molecule has 2 aromatic rings. The number of para-hydroxylation sites is 1. The Balaban J connectivity index is 1.81. The monoisotopic (exact) mass is 374 g/mol. The lowest BCUT2D eigenvalue weighted by Gasteiger charge is -2.52. The maximum absolute atomic E-state index is 6.36. The van der Waals surface area contributed by atoms with Gasteiger partial charge in [0.05, 0.1) is 6.04 Å². The zero-order valence-electron chi connectivity index (χ0n) is 12.0. The van der Waals surface area contributed by atoms with Gasteiger partial charge in [0.25, 0.3) is 0 Å². The van der Waals surface area contributed by atoms with Crippen LogP contribution in [0.2, 0.25) is 0 Å². The molecule has 2 aliphatic rings. The molecule has 0 radical (unpaired) electrons. The number of hydrogen-bond donors (Lipinski definition) is 1. The van der Waals surface area contributed by atoms with Gasteiger partial charge in [0.15, 0.2) is 10.8 Å². The lowest BCUT2D eigenvalue weighted by Crippen LogP contribution is -2.65. The third-order valence-corrected chi connectivity index (χ3v) is 5.04. The maximum atomic E-state index is 6.36. The van der Waals surface area contributed by atoms with Crippen molar-refractivity contribution in [3.8, 4) is 5.75 Å². The van der Waals surface area contributed by atoms with Gasteiger partial charge in [-0.05, 0) is 49.5 Å². The summed E-state index contributed by atoms with van der Waals surface area (Å²) in [6, 6.07) is 16.5. The predicted molar refractivity (Wildman–Crippen MR) is 95.2 cm³/mol. The number of nitrogens with zero attached hydrogens (tertiary/aromatic N) is 1. The molecule has 0 unspecified atom stereocenters. The highest BCUT2D eigenvalue weighted by Crippen LogP contribution is 2.46. The third-order valence-electron chi connectivity index (χ3n) is 4.25. The van der Waals surface area contributed by atoms with Crippen LogP contribution in [0, 0.1) is 0 Å². The topological polar surface area (TPSA) is 24.5 Å². The summed E-state index contributed by atoms with van der Waals surface area (Å²) in [6.07, 6.45) is 0.839. The minimum Gasteiger partial charge on any atom is -0.467 e. The molecule has 1 saturated heterocycles. The molecule has 5 heteroatoms. The highest BCUT2D eigenvalue weighted by Gasteiger charge is 2.48. The summed E-state index contributed by atoms with van der Waals surface area (Å²) in [7, 11) is 0. The SMILES string of the molecule is C[C@]12C[C@H](NC(=S)N1c1ccccc1)c1cc(Br)ccc1O2. The van der Waals surface area contributed by atoms with Gasteiger partial charge in [0.1, 0.15) is 5.75 Å². The Bertz CT molecular complexity index is 752. The van der Waals surface area contributed by atoms with Crippen LogP contribution in [-0.2, 0) is 0 Å². The zero-order valence-corrected chi connectivity index (χ0v) is 14.4. The molecule has 0 saturated carbocycles. The number of fused-ring (bicyclic) bond motifs is 4. The first-order chi connectivity index (χ1) is 10.6. The number of hydrogen-bond acceptors (Lipinski definition) is 2. The molecular formula is C17H15BrN2OS. The molecule has 112 valence electrons. The van der Waals surface area contributed by atoms with Crippen LogP contribution in [0.15, 0.2) is 53.0 Å². The van der Waals surface area contributed by atoms with E-state index in [2.05, 4.69) is 51.3 Å². The van der Waals surface area contributed by atoms with E-state index >= 15 is 0 Å². The first-order valence-electron chi connectivity index (χ1n) is 7.21. The van der Waals surface area contributed by atoms with Crippen LogP contribution in [0.3, 0.4) is 0 Å². The number of ether oxygens (including phenoxy) is 1. The second kappa shape index (κ2) is 4.96. The van der Waals surface area contributed by atoms with E-state index in [0.29, 0.717) is 5.11 Å². The molecule has 2 aromatic carbocycles. The van der Waals surface area contributed by atoms with Gasteiger partial charge in [-0.2, -0.15) is 0 Å². The van der Waals surface area contributed by atoms with Gasteiger partial charge in [-0.3, -0.25) is 4.90 Å². The van der Waals surface area contributed by atoms with E-state index in [4.69, 9.17) is 17.0 Å². The first-order valence-corrected chi connectivity index (χ1v) is 8.41. The summed E-state index contributed by atoms with van der Waals surface area (Å²) in [6.45, 7) is 2.10. The van der Waals surface area contributed by atoms with Crippen LogP contribution in [0.1, 0.15) is 24.9 Å². The number of anilines is 1. The highest BCUT2D eigenvalue weighted by molar-refractivity contribution is 9.10. The lowest BCUT2D eigenvalue weighted by molar-refractivity contribution is 0.0497. The van der Waals surface area contributed by atoms with E-state index in [0.717, 1.165) is 27.9 Å². The fourth-order valence-corrected chi connectivity index (χ4v) is 4.13. The first kappa shape index (κ1) is 14.0. The van der Waals surface area contributed by atoms with Crippen LogP contribution < -0.4 is 15.0 Å². The Morgan fingerprint density at radius 2 is 2.05 bits per heavy atom. The number of rotatable bonds is 1. The van der Waals surface area contributed by atoms with E-state index in [1.54, 1.807) is 0 Å². The Kier molecular flexibility index (Phi) is 3.16. The van der Waals surface area contributed by atoms with Crippen LogP contribution in [0.5, 0.6) is 5.75 Å². The molecule has 2 aliphatic heterocycles. The van der Waals surface area contributed by atoms with Crippen molar-refractivity contribution in [2.24, 2.45) is 0 Å². The van der Waals surface area contributed by atoms with Crippen molar-refractivity contribution in [2.75, 3.05) is 4.90 Å². The molecule has 22 heavy (non-hydrogen) atoms. The molecule has 1 N–H and O–H groups in total. The van der Waals surface area contributed by atoms with Crippen molar-refractivity contribution in [1.82, 2.24) is 5.32 Å². The van der Waals surface area contributed by atoms with Crippen molar-refractivity contribution in [1.29, 1.82) is 0 Å². The van der Waals surface area contributed by atoms with E-state index < -0.39 is 5.72 Å². The highest BCUT2D eigenvalue weighted by atomic mass is 79.9. The molecule has 4 rings (SSSR count). The Hall–Kier alpha value is -1.59. The van der Waals surface area contributed by atoms with E-state index in [1.165, 1.54) is 0 Å². The predicted octanol–water partition coefficient (Wildman–Crippen LogP) is 4.38. The zero-order chi connectivity index (χ0) is 15.3. The summed E-state index contributed by atoms with van der Waals surface area (Å²) in [5.41, 5.74) is 1.72. The molecular weight excluding hydrogens is 360 g/mol.